The number of aliphatic hydroxyl groups excluding tert-OH is 1. The van der Waals surface area contributed by atoms with Crippen molar-refractivity contribution in [2.75, 3.05) is 6.54 Å². The van der Waals surface area contributed by atoms with E-state index in [-0.39, 0.29) is 31.8 Å². The zero-order valence-corrected chi connectivity index (χ0v) is 20.6. The quantitative estimate of drug-likeness (QED) is 0.0650. The molecule has 0 aromatic carbocycles. The lowest BCUT2D eigenvalue weighted by Crippen LogP contribution is -2.59. The van der Waals surface area contributed by atoms with Crippen LogP contribution in [0, 0.1) is 5.92 Å². The Morgan fingerprint density at radius 1 is 1.06 bits per heavy atom. The Morgan fingerprint density at radius 2 is 1.69 bits per heavy atom. The molecule has 0 bridgehead atoms. The fourth-order valence-corrected chi connectivity index (χ4v) is 3.12. The van der Waals surface area contributed by atoms with Gasteiger partial charge in [0.05, 0.1) is 12.4 Å². The summed E-state index contributed by atoms with van der Waals surface area (Å²) < 4.78 is 0. The van der Waals surface area contributed by atoms with E-state index >= 15 is 0 Å². The number of aliphatic carboxylic acids is 1. The second kappa shape index (κ2) is 14.6. The van der Waals surface area contributed by atoms with E-state index in [1.807, 2.05) is 0 Å². The molecule has 3 amide bonds. The van der Waals surface area contributed by atoms with Crippen molar-refractivity contribution in [3.05, 3.63) is 18.2 Å². The molecule has 0 saturated carbocycles. The van der Waals surface area contributed by atoms with Crippen LogP contribution in [0.25, 0.3) is 0 Å². The summed E-state index contributed by atoms with van der Waals surface area (Å²) in [5, 5.41) is 26.6. The number of carbonyl (C=O) groups excluding carboxylic acids is 3. The fraction of sp³-hybridized carbons (Fsp3) is 0.619. The van der Waals surface area contributed by atoms with Crippen LogP contribution < -0.4 is 33.2 Å². The molecule has 12 N–H and O–H groups in total. The predicted molar refractivity (Wildman–Crippen MR) is 130 cm³/mol. The number of hydrogen-bond donors (Lipinski definition) is 9. The molecule has 0 spiro atoms. The number of imidazole rings is 1. The number of carboxylic acids is 1. The highest BCUT2D eigenvalue weighted by Gasteiger charge is 2.32. The number of carbonyl (C=O) groups is 4. The van der Waals surface area contributed by atoms with Gasteiger partial charge in [0, 0.05) is 24.9 Å². The third-order valence-corrected chi connectivity index (χ3v) is 5.24. The van der Waals surface area contributed by atoms with E-state index in [1.54, 1.807) is 13.8 Å². The number of aromatic amines is 1. The second-order valence-corrected chi connectivity index (χ2v) is 8.69. The summed E-state index contributed by atoms with van der Waals surface area (Å²) in [6, 6.07) is -4.77. The topological polar surface area (TPSA) is 264 Å². The molecule has 1 rings (SSSR count). The van der Waals surface area contributed by atoms with Crippen LogP contribution in [0.5, 0.6) is 0 Å². The van der Waals surface area contributed by atoms with E-state index < -0.39 is 59.9 Å². The number of hydrogen-bond acceptors (Lipinski definition) is 8. The van der Waals surface area contributed by atoms with Crippen LogP contribution in [-0.2, 0) is 25.6 Å². The number of amides is 3. The molecule has 1 heterocycles. The zero-order valence-electron chi connectivity index (χ0n) is 20.6. The molecule has 36 heavy (non-hydrogen) atoms. The number of nitrogens with zero attached hydrogens (tertiary/aromatic N) is 2. The number of nitrogens with one attached hydrogen (secondary N) is 4. The Morgan fingerprint density at radius 3 is 2.19 bits per heavy atom. The second-order valence-electron chi connectivity index (χ2n) is 8.69. The third-order valence-electron chi connectivity index (χ3n) is 5.24. The smallest absolute Gasteiger partial charge is 0.326 e. The first-order chi connectivity index (χ1) is 16.8. The first kappa shape index (κ1) is 30.3. The number of rotatable bonds is 15. The number of H-pyrrole nitrogens is 1. The minimum atomic E-state index is -1.26. The van der Waals surface area contributed by atoms with Crippen molar-refractivity contribution < 1.29 is 29.4 Å². The minimum Gasteiger partial charge on any atom is -0.480 e. The minimum absolute atomic E-state index is 0.0239. The Kier molecular flexibility index (Phi) is 12.3. The van der Waals surface area contributed by atoms with E-state index in [4.69, 9.17) is 17.2 Å². The molecule has 0 fully saturated rings. The van der Waals surface area contributed by atoms with E-state index in [0.29, 0.717) is 5.69 Å². The highest BCUT2D eigenvalue weighted by Crippen LogP contribution is 2.07. The van der Waals surface area contributed by atoms with Crippen LogP contribution in [0.15, 0.2) is 17.5 Å². The average molecular weight is 512 g/mol. The van der Waals surface area contributed by atoms with E-state index in [2.05, 4.69) is 30.9 Å². The molecule has 1 aromatic heterocycles. The van der Waals surface area contributed by atoms with Gasteiger partial charge in [-0.1, -0.05) is 13.8 Å². The monoisotopic (exact) mass is 511 g/mol. The Balaban J connectivity index is 3.01. The summed E-state index contributed by atoms with van der Waals surface area (Å²) in [5.41, 5.74) is 16.7. The highest BCUT2D eigenvalue weighted by atomic mass is 16.4. The Labute approximate surface area is 208 Å². The molecule has 5 unspecified atom stereocenters. The number of nitrogens with two attached hydrogens (primary N) is 3. The molecule has 0 aliphatic carbocycles. The molecule has 15 heteroatoms. The number of aromatic nitrogens is 2. The van der Waals surface area contributed by atoms with Crippen LogP contribution in [0.4, 0.5) is 0 Å². The molecule has 202 valence electrons. The Hall–Kier alpha value is -3.72. The van der Waals surface area contributed by atoms with Crippen LogP contribution in [-0.4, -0.2) is 86.6 Å². The molecular formula is C21H37N9O6. The maximum absolute atomic E-state index is 13.1. The van der Waals surface area contributed by atoms with E-state index in [1.165, 1.54) is 19.4 Å². The summed E-state index contributed by atoms with van der Waals surface area (Å²) >= 11 is 0. The van der Waals surface area contributed by atoms with Gasteiger partial charge in [0.25, 0.3) is 0 Å². The van der Waals surface area contributed by atoms with Crippen molar-refractivity contribution in [1.29, 1.82) is 0 Å². The molecule has 0 aliphatic heterocycles. The molecular weight excluding hydrogens is 474 g/mol. The van der Waals surface area contributed by atoms with Crippen LogP contribution in [0.3, 0.4) is 0 Å². The van der Waals surface area contributed by atoms with Gasteiger partial charge in [0.2, 0.25) is 17.7 Å². The lowest BCUT2D eigenvalue weighted by Gasteiger charge is -2.27. The number of aliphatic hydroxyl groups is 1. The average Bonchev–Trinajstić information content (AvgIpc) is 3.30. The van der Waals surface area contributed by atoms with Crippen molar-refractivity contribution in [3.8, 4) is 0 Å². The first-order valence-corrected chi connectivity index (χ1v) is 11.4. The van der Waals surface area contributed by atoms with Crippen molar-refractivity contribution in [2.45, 2.75) is 70.3 Å². The summed E-state index contributed by atoms with van der Waals surface area (Å²) in [4.78, 5) is 60.6. The predicted octanol–water partition coefficient (Wildman–Crippen LogP) is -3.09. The summed E-state index contributed by atoms with van der Waals surface area (Å²) in [5.74, 6) is -3.96. The number of aliphatic imine (C=N–C) groups is 1. The van der Waals surface area contributed by atoms with Gasteiger partial charge in [-0.15, -0.1) is 0 Å². The van der Waals surface area contributed by atoms with Crippen LogP contribution >= 0.6 is 0 Å². The summed E-state index contributed by atoms with van der Waals surface area (Å²) in [7, 11) is 0. The lowest BCUT2D eigenvalue weighted by atomic mass is 10.0. The Bertz CT molecular complexity index is 900. The normalized spacial score (nSPS) is 15.2. The van der Waals surface area contributed by atoms with Gasteiger partial charge in [-0.05, 0) is 25.7 Å². The summed E-state index contributed by atoms with van der Waals surface area (Å²) in [6.45, 7) is 4.88. The van der Waals surface area contributed by atoms with Crippen molar-refractivity contribution in [3.63, 3.8) is 0 Å². The lowest BCUT2D eigenvalue weighted by molar-refractivity contribution is -0.142. The van der Waals surface area contributed by atoms with Crippen LogP contribution in [0.2, 0.25) is 0 Å². The molecule has 1 aromatic rings. The summed E-state index contributed by atoms with van der Waals surface area (Å²) in [6.07, 6.45) is 2.02. The number of guanidine groups is 1. The molecule has 0 aliphatic rings. The van der Waals surface area contributed by atoms with Gasteiger partial charge in [0.1, 0.15) is 24.2 Å². The van der Waals surface area contributed by atoms with E-state index in [9.17, 15) is 29.4 Å². The SMILES string of the molecule is CC(C)C(NC(=O)C(N)C(C)O)C(=O)NC(Cc1cnc[nH]1)C(=O)NC(CCCN=C(N)N)C(=O)O. The van der Waals surface area contributed by atoms with Gasteiger partial charge in [-0.3, -0.25) is 19.4 Å². The fourth-order valence-electron chi connectivity index (χ4n) is 3.12. The van der Waals surface area contributed by atoms with Crippen molar-refractivity contribution in [2.24, 2.45) is 28.1 Å². The standard InChI is InChI=1S/C21H37N9O6/c1-10(2)16(30-18(33)15(22)11(3)31)19(34)29-14(7-12-8-25-9-27-12)17(32)28-13(20(35)36)5-4-6-26-21(23)24/h8-11,13-16,31H,4-7,22H2,1-3H3,(H,25,27)(H,28,32)(H,29,34)(H,30,33)(H,35,36)(H4,23,24,26). The maximum Gasteiger partial charge on any atom is 0.326 e. The molecule has 15 nitrogen and oxygen atoms in total. The molecule has 0 saturated heterocycles. The van der Waals surface area contributed by atoms with E-state index in [0.717, 1.165) is 0 Å². The zero-order chi connectivity index (χ0) is 27.4. The van der Waals surface area contributed by atoms with Crippen LogP contribution in [0.1, 0.15) is 39.3 Å². The number of carboxylic acid groups (broad SMARTS) is 1. The van der Waals surface area contributed by atoms with Gasteiger partial charge in [-0.25, -0.2) is 9.78 Å². The largest absolute Gasteiger partial charge is 0.480 e. The first-order valence-electron chi connectivity index (χ1n) is 11.4. The molecule has 0 radical (unpaired) electrons. The maximum atomic E-state index is 13.1. The van der Waals surface area contributed by atoms with Crippen molar-refractivity contribution >= 4 is 29.7 Å². The van der Waals surface area contributed by atoms with Gasteiger partial charge in [-0.2, -0.15) is 0 Å². The third kappa shape index (κ3) is 10.3. The van der Waals surface area contributed by atoms with Gasteiger partial charge in [0.15, 0.2) is 5.96 Å². The molecule has 5 atom stereocenters. The van der Waals surface area contributed by atoms with Gasteiger partial charge >= 0.3 is 5.97 Å². The van der Waals surface area contributed by atoms with Crippen molar-refractivity contribution in [1.82, 2.24) is 25.9 Å². The van der Waals surface area contributed by atoms with Gasteiger partial charge < -0.3 is 48.3 Å². The highest BCUT2D eigenvalue weighted by molar-refractivity contribution is 5.94.